The highest BCUT2D eigenvalue weighted by Gasteiger charge is 2.66. The van der Waals surface area contributed by atoms with Crippen molar-refractivity contribution in [2.45, 2.75) is 16.7 Å². The number of halogens is 3. The van der Waals surface area contributed by atoms with Crippen molar-refractivity contribution < 1.29 is 32.4 Å². The third kappa shape index (κ3) is 3.06. The number of guanidine groups is 1. The number of methoxy groups -OCH3 is 1. The van der Waals surface area contributed by atoms with Gasteiger partial charge in [0.1, 0.15) is 0 Å². The Bertz CT molecular complexity index is 979. The first-order valence-corrected chi connectivity index (χ1v) is 9.43. The molecule has 10 nitrogen and oxygen atoms in total. The van der Waals surface area contributed by atoms with Gasteiger partial charge in [0.15, 0.2) is 5.17 Å². The van der Waals surface area contributed by atoms with E-state index in [2.05, 4.69) is 14.7 Å². The maximum atomic E-state index is 14.1. The van der Waals surface area contributed by atoms with Gasteiger partial charge in [0.05, 0.1) is 30.9 Å². The Morgan fingerprint density at radius 2 is 2.03 bits per heavy atom. The predicted octanol–water partition coefficient (Wildman–Crippen LogP) is 2.00. The van der Waals surface area contributed by atoms with Crippen molar-refractivity contribution in [1.82, 2.24) is 4.90 Å². The van der Waals surface area contributed by atoms with Crippen LogP contribution in [0.5, 0.6) is 0 Å². The minimum absolute atomic E-state index is 0.147. The lowest BCUT2D eigenvalue weighted by molar-refractivity contribution is -0.385. The summed E-state index contributed by atoms with van der Waals surface area (Å²) in [7, 11) is 0.826. The Kier molecular flexibility index (Phi) is 4.85. The minimum atomic E-state index is -5.17. The molecule has 3 aliphatic rings. The molecule has 0 aromatic heterocycles. The first kappa shape index (κ1) is 20.4. The van der Waals surface area contributed by atoms with E-state index in [0.717, 1.165) is 18.9 Å². The van der Waals surface area contributed by atoms with Crippen LogP contribution in [0, 0.1) is 10.1 Å². The van der Waals surface area contributed by atoms with Crippen LogP contribution < -0.4 is 4.90 Å². The molecule has 3 aliphatic heterocycles. The maximum absolute atomic E-state index is 14.1. The quantitative estimate of drug-likeness (QED) is 0.386. The Labute approximate surface area is 171 Å². The lowest BCUT2D eigenvalue weighted by atomic mass is 10.1. The topological polar surface area (TPSA) is 110 Å². The number of nitrogens with zero attached hydrogens (tertiary/aromatic N) is 5. The summed E-state index contributed by atoms with van der Waals surface area (Å²) in [6.45, 7) is 1.00. The predicted molar refractivity (Wildman–Crippen MR) is 99.5 cm³/mol. The molecule has 1 aromatic carbocycles. The van der Waals surface area contributed by atoms with Gasteiger partial charge in [0, 0.05) is 30.1 Å². The number of nitro benzene ring substituents is 1. The summed E-state index contributed by atoms with van der Waals surface area (Å²) in [5.74, 6) is -1.82. The molecule has 1 fully saturated rings. The molecule has 1 saturated heterocycles. The second kappa shape index (κ2) is 7.12. The van der Waals surface area contributed by atoms with E-state index in [0.29, 0.717) is 10.6 Å². The summed E-state index contributed by atoms with van der Waals surface area (Å²) in [5.41, 5.74) is -3.31. The molecule has 1 aromatic rings. The number of fused-ring (bicyclic) bond motifs is 3. The molecule has 0 N–H and O–H groups in total. The molecule has 0 radical (unpaired) electrons. The van der Waals surface area contributed by atoms with E-state index in [1.54, 1.807) is 4.90 Å². The Balaban J connectivity index is 1.90. The second-order valence-corrected chi connectivity index (χ2v) is 7.42. The zero-order chi connectivity index (χ0) is 21.7. The minimum Gasteiger partial charge on any atom is -0.465 e. The van der Waals surface area contributed by atoms with Gasteiger partial charge < -0.3 is 14.4 Å². The van der Waals surface area contributed by atoms with Gasteiger partial charge in [0.25, 0.3) is 5.69 Å². The number of ether oxygens (including phenoxy) is 2. The number of aliphatic imine (C=N–C) groups is 2. The molecule has 3 heterocycles. The number of hydrogen-bond acceptors (Lipinski definition) is 10. The van der Waals surface area contributed by atoms with E-state index in [-0.39, 0.29) is 43.1 Å². The van der Waals surface area contributed by atoms with Crippen LogP contribution in [0.15, 0.2) is 33.1 Å². The fraction of sp³-hybridized carbons (Fsp3) is 0.438. The number of hydrogen-bond donors (Lipinski definition) is 0. The summed E-state index contributed by atoms with van der Waals surface area (Å²) >= 11 is 0.791. The van der Waals surface area contributed by atoms with E-state index in [1.807, 2.05) is 0 Å². The van der Waals surface area contributed by atoms with Gasteiger partial charge in [-0.05, 0) is 17.8 Å². The fourth-order valence-corrected chi connectivity index (χ4v) is 4.30. The van der Waals surface area contributed by atoms with Crippen LogP contribution in [-0.2, 0) is 14.3 Å². The van der Waals surface area contributed by atoms with Crippen molar-refractivity contribution in [2.75, 3.05) is 38.3 Å². The third-order valence-electron chi connectivity index (χ3n) is 4.67. The lowest BCUT2D eigenvalue weighted by Crippen LogP contribution is -2.59. The number of carbonyl (C=O) groups excluding carboxylic acids is 1. The van der Waals surface area contributed by atoms with Gasteiger partial charge in [-0.2, -0.15) is 13.2 Å². The Morgan fingerprint density at radius 3 is 2.63 bits per heavy atom. The summed E-state index contributed by atoms with van der Waals surface area (Å²) in [6.07, 6.45) is -5.17. The van der Waals surface area contributed by atoms with Crippen LogP contribution in [0.4, 0.5) is 24.5 Å². The molecule has 14 heteroatoms. The zero-order valence-corrected chi connectivity index (χ0v) is 16.2. The number of carbonyl (C=O) groups is 1. The van der Waals surface area contributed by atoms with Gasteiger partial charge in [-0.25, -0.2) is 14.8 Å². The molecule has 0 bridgehead atoms. The Hall–Kier alpha value is -2.87. The van der Waals surface area contributed by atoms with Crippen LogP contribution >= 0.6 is 11.8 Å². The van der Waals surface area contributed by atoms with Crippen LogP contribution in [0.3, 0.4) is 0 Å². The van der Waals surface area contributed by atoms with Crippen LogP contribution in [0.25, 0.3) is 0 Å². The van der Waals surface area contributed by atoms with E-state index in [4.69, 9.17) is 4.74 Å². The summed E-state index contributed by atoms with van der Waals surface area (Å²) in [5, 5.41) is 10.9. The van der Waals surface area contributed by atoms with Crippen molar-refractivity contribution >= 4 is 40.2 Å². The molecule has 0 saturated carbocycles. The maximum Gasteiger partial charge on any atom is 0.446 e. The highest BCUT2D eigenvalue weighted by molar-refractivity contribution is 8.15. The molecule has 1 atom stereocenters. The van der Waals surface area contributed by atoms with Gasteiger partial charge in [-0.15, -0.1) is 0 Å². The van der Waals surface area contributed by atoms with E-state index in [1.165, 1.54) is 23.1 Å². The molecular weight excluding hydrogens is 431 g/mol. The fourth-order valence-electron chi connectivity index (χ4n) is 3.21. The molecule has 30 heavy (non-hydrogen) atoms. The summed E-state index contributed by atoms with van der Waals surface area (Å²) in [4.78, 5) is 33.4. The number of alkyl halides is 3. The smallest absolute Gasteiger partial charge is 0.446 e. The Morgan fingerprint density at radius 1 is 1.33 bits per heavy atom. The van der Waals surface area contributed by atoms with Crippen LogP contribution in [0.2, 0.25) is 0 Å². The number of non-ortho nitro benzene ring substituents is 1. The number of anilines is 1. The molecule has 0 spiro atoms. The van der Waals surface area contributed by atoms with E-state index >= 15 is 0 Å². The first-order valence-electron chi connectivity index (χ1n) is 8.62. The number of rotatable bonds is 2. The highest BCUT2D eigenvalue weighted by atomic mass is 32.2. The van der Waals surface area contributed by atoms with Gasteiger partial charge in [-0.3, -0.25) is 15.0 Å². The van der Waals surface area contributed by atoms with Gasteiger partial charge >= 0.3 is 17.8 Å². The number of morpholine rings is 1. The summed E-state index contributed by atoms with van der Waals surface area (Å²) < 4.78 is 51.8. The molecule has 160 valence electrons. The third-order valence-corrected chi connectivity index (χ3v) is 5.67. The highest BCUT2D eigenvalue weighted by Crippen LogP contribution is 2.48. The number of thioether (sulfide) groups is 1. The number of benzene rings is 1. The zero-order valence-electron chi connectivity index (χ0n) is 15.4. The number of esters is 1. The van der Waals surface area contributed by atoms with Crippen molar-refractivity contribution in [2.24, 2.45) is 9.98 Å². The van der Waals surface area contributed by atoms with E-state index < -0.39 is 22.7 Å². The van der Waals surface area contributed by atoms with Crippen molar-refractivity contribution in [3.63, 3.8) is 0 Å². The van der Waals surface area contributed by atoms with Crippen LogP contribution in [-0.4, -0.2) is 72.2 Å². The molecular formula is C16H14F3N5O5S. The number of nitro groups is 1. The van der Waals surface area contributed by atoms with Crippen molar-refractivity contribution in [1.29, 1.82) is 0 Å². The average molecular weight is 445 g/mol. The first-order chi connectivity index (χ1) is 14.2. The molecule has 0 amide bonds. The van der Waals surface area contributed by atoms with E-state index in [9.17, 15) is 28.1 Å². The van der Waals surface area contributed by atoms with Crippen molar-refractivity contribution in [3.05, 3.63) is 28.3 Å². The van der Waals surface area contributed by atoms with Gasteiger partial charge in [-0.1, -0.05) is 0 Å². The molecule has 1 unspecified atom stereocenters. The largest absolute Gasteiger partial charge is 0.465 e. The monoisotopic (exact) mass is 445 g/mol. The van der Waals surface area contributed by atoms with Crippen LogP contribution in [0.1, 0.15) is 0 Å². The summed E-state index contributed by atoms with van der Waals surface area (Å²) in [6, 6.07) is 3.90. The number of amidine groups is 1. The second-order valence-electron chi connectivity index (χ2n) is 6.41. The van der Waals surface area contributed by atoms with Gasteiger partial charge in [0.2, 0.25) is 5.96 Å². The normalized spacial score (nSPS) is 23.3. The lowest BCUT2D eigenvalue weighted by Gasteiger charge is -2.39. The molecule has 0 aliphatic carbocycles. The van der Waals surface area contributed by atoms with Crippen molar-refractivity contribution in [3.8, 4) is 0 Å². The standard InChI is InChI=1S/C16H14F3N5O5S/c1-28-12(25)15(16(17,18)19)20-13(22-4-6-29-7-5-22)23-10-3-2-9(24(26)27)8-11(10)30-14(23)21-15/h2-3,8H,4-7H2,1H3. The SMILES string of the molecule is COC(=O)C1(C(F)(F)F)N=C2Sc3cc([N+](=O)[O-])ccc3N2C(N2CCOCC2)=N1. The molecule has 4 rings (SSSR count). The average Bonchev–Trinajstić information content (AvgIpc) is 3.09.